The minimum Gasteiger partial charge on any atom is -0.350 e. The van der Waals surface area contributed by atoms with Crippen LogP contribution < -0.4 is 10.2 Å². The fourth-order valence-corrected chi connectivity index (χ4v) is 2.03. The third kappa shape index (κ3) is 3.81. The summed E-state index contributed by atoms with van der Waals surface area (Å²) in [6, 6.07) is 10.1. The van der Waals surface area contributed by atoms with Gasteiger partial charge < -0.3 is 10.2 Å². The predicted octanol–water partition coefficient (Wildman–Crippen LogP) is 3.16. The van der Waals surface area contributed by atoms with E-state index in [9.17, 15) is 4.79 Å². The van der Waals surface area contributed by atoms with Crippen LogP contribution >= 0.6 is 0 Å². The van der Waals surface area contributed by atoms with Crippen molar-refractivity contribution in [3.63, 3.8) is 0 Å². The minimum atomic E-state index is -0.136. The Kier molecular flexibility index (Phi) is 5.47. The molecule has 0 aliphatic rings. The van der Waals surface area contributed by atoms with Gasteiger partial charge in [-0.1, -0.05) is 25.1 Å². The Balaban J connectivity index is 2.15. The van der Waals surface area contributed by atoms with Crippen LogP contribution in [0.15, 0.2) is 42.7 Å². The van der Waals surface area contributed by atoms with Gasteiger partial charge in [-0.2, -0.15) is 0 Å². The van der Waals surface area contributed by atoms with Crippen molar-refractivity contribution in [2.75, 3.05) is 11.4 Å². The van der Waals surface area contributed by atoms with Crippen molar-refractivity contribution >= 4 is 17.5 Å². The van der Waals surface area contributed by atoms with Crippen molar-refractivity contribution in [2.45, 2.75) is 33.2 Å². The van der Waals surface area contributed by atoms with E-state index < -0.39 is 0 Å². The maximum Gasteiger partial charge on any atom is 0.254 e. The lowest BCUT2D eigenvalue weighted by atomic mass is 10.2. The van der Waals surface area contributed by atoms with Crippen molar-refractivity contribution < 1.29 is 4.79 Å². The van der Waals surface area contributed by atoms with E-state index in [1.54, 1.807) is 12.4 Å². The summed E-state index contributed by atoms with van der Waals surface area (Å²) in [7, 11) is 0. The summed E-state index contributed by atoms with van der Waals surface area (Å²) in [6.07, 6.45) is 4.04. The van der Waals surface area contributed by atoms with Gasteiger partial charge in [-0.25, -0.2) is 9.97 Å². The summed E-state index contributed by atoms with van der Waals surface area (Å²) < 4.78 is 0. The number of nitrogens with one attached hydrogen (secondary N) is 1. The molecule has 0 spiro atoms. The van der Waals surface area contributed by atoms with Gasteiger partial charge in [-0.15, -0.1) is 0 Å². The fourth-order valence-electron chi connectivity index (χ4n) is 2.03. The predicted molar refractivity (Wildman–Crippen MR) is 88.4 cm³/mol. The molecule has 0 bridgehead atoms. The summed E-state index contributed by atoms with van der Waals surface area (Å²) in [5.41, 5.74) is 1.51. The largest absolute Gasteiger partial charge is 0.350 e. The van der Waals surface area contributed by atoms with Gasteiger partial charge in [0.15, 0.2) is 0 Å². The highest BCUT2D eigenvalue weighted by atomic mass is 16.1. The third-order valence-corrected chi connectivity index (χ3v) is 3.52. The van der Waals surface area contributed by atoms with Crippen LogP contribution in [0.5, 0.6) is 0 Å². The number of hydrogen-bond acceptors (Lipinski definition) is 4. The molecule has 0 aliphatic carbocycles. The SMILES string of the molecule is CCC(C)NC(=O)c1cnc(N(CC)c2ccccc2)nc1. The molecule has 1 N–H and O–H groups in total. The molecule has 1 aromatic heterocycles. The molecule has 0 radical (unpaired) electrons. The molecular weight excluding hydrogens is 276 g/mol. The maximum absolute atomic E-state index is 12.0. The standard InChI is InChI=1S/C17H22N4O/c1-4-13(3)20-16(22)14-11-18-17(19-12-14)21(5-2)15-9-7-6-8-10-15/h6-13H,4-5H2,1-3H3,(H,20,22). The third-order valence-electron chi connectivity index (χ3n) is 3.52. The molecule has 1 atom stereocenters. The van der Waals surface area contributed by atoms with Gasteiger partial charge in [0, 0.05) is 30.7 Å². The Labute approximate surface area is 131 Å². The van der Waals surface area contributed by atoms with E-state index in [2.05, 4.69) is 15.3 Å². The molecule has 2 aromatic rings. The van der Waals surface area contributed by atoms with Gasteiger partial charge in [0.2, 0.25) is 5.95 Å². The van der Waals surface area contributed by atoms with Crippen LogP contribution in [-0.4, -0.2) is 28.5 Å². The normalized spacial score (nSPS) is 11.8. The number of amides is 1. The van der Waals surface area contributed by atoms with Crippen molar-refractivity contribution in [1.29, 1.82) is 0 Å². The highest BCUT2D eigenvalue weighted by Gasteiger charge is 2.13. The fraction of sp³-hybridized carbons (Fsp3) is 0.353. The van der Waals surface area contributed by atoms with E-state index in [1.165, 1.54) is 0 Å². The highest BCUT2D eigenvalue weighted by Crippen LogP contribution is 2.20. The van der Waals surface area contributed by atoms with E-state index >= 15 is 0 Å². The Morgan fingerprint density at radius 3 is 2.36 bits per heavy atom. The van der Waals surface area contributed by atoms with Gasteiger partial charge >= 0.3 is 0 Å². The van der Waals surface area contributed by atoms with Crippen LogP contribution in [0.25, 0.3) is 0 Å². The summed E-state index contributed by atoms with van der Waals surface area (Å²) in [5, 5.41) is 2.91. The second kappa shape index (κ2) is 7.54. The summed E-state index contributed by atoms with van der Waals surface area (Å²) >= 11 is 0. The van der Waals surface area contributed by atoms with Crippen molar-refractivity contribution in [3.8, 4) is 0 Å². The Hall–Kier alpha value is -2.43. The van der Waals surface area contributed by atoms with Crippen LogP contribution in [0.4, 0.5) is 11.6 Å². The molecule has 5 nitrogen and oxygen atoms in total. The zero-order valence-electron chi connectivity index (χ0n) is 13.3. The number of rotatable bonds is 6. The number of carbonyl (C=O) groups excluding carboxylic acids is 1. The Morgan fingerprint density at radius 2 is 1.82 bits per heavy atom. The van der Waals surface area contributed by atoms with Gasteiger partial charge in [-0.3, -0.25) is 4.79 Å². The van der Waals surface area contributed by atoms with Gasteiger partial charge in [0.05, 0.1) is 5.56 Å². The number of aromatic nitrogens is 2. The molecular formula is C17H22N4O. The lowest BCUT2D eigenvalue weighted by Gasteiger charge is -2.20. The summed E-state index contributed by atoms with van der Waals surface area (Å²) in [6.45, 7) is 6.80. The molecule has 116 valence electrons. The van der Waals surface area contributed by atoms with Crippen LogP contribution in [0.3, 0.4) is 0 Å². The van der Waals surface area contributed by atoms with Crippen LogP contribution in [-0.2, 0) is 0 Å². The van der Waals surface area contributed by atoms with Crippen LogP contribution in [0, 0.1) is 0 Å². The first-order chi connectivity index (χ1) is 10.7. The number of carbonyl (C=O) groups is 1. The zero-order chi connectivity index (χ0) is 15.9. The molecule has 1 aromatic carbocycles. The molecule has 22 heavy (non-hydrogen) atoms. The van der Waals surface area contributed by atoms with Gasteiger partial charge in [-0.05, 0) is 32.4 Å². The Morgan fingerprint density at radius 1 is 1.18 bits per heavy atom. The van der Waals surface area contributed by atoms with Gasteiger partial charge in [0.25, 0.3) is 5.91 Å². The molecule has 1 unspecified atom stereocenters. The zero-order valence-corrected chi connectivity index (χ0v) is 13.3. The molecule has 0 saturated heterocycles. The minimum absolute atomic E-state index is 0.136. The summed E-state index contributed by atoms with van der Waals surface area (Å²) in [5.74, 6) is 0.456. The van der Waals surface area contributed by atoms with Crippen molar-refractivity contribution in [3.05, 3.63) is 48.3 Å². The van der Waals surface area contributed by atoms with E-state index in [0.29, 0.717) is 11.5 Å². The van der Waals surface area contributed by atoms with E-state index in [1.807, 2.05) is 56.0 Å². The van der Waals surface area contributed by atoms with E-state index in [-0.39, 0.29) is 11.9 Å². The smallest absolute Gasteiger partial charge is 0.254 e. The first-order valence-corrected chi connectivity index (χ1v) is 7.61. The monoisotopic (exact) mass is 298 g/mol. The average molecular weight is 298 g/mol. The lowest BCUT2D eigenvalue weighted by Crippen LogP contribution is -2.32. The quantitative estimate of drug-likeness (QED) is 0.890. The Bertz CT molecular complexity index is 598. The second-order valence-electron chi connectivity index (χ2n) is 5.13. The first kappa shape index (κ1) is 15.9. The molecule has 1 heterocycles. The first-order valence-electron chi connectivity index (χ1n) is 7.61. The highest BCUT2D eigenvalue weighted by molar-refractivity contribution is 5.93. The van der Waals surface area contributed by atoms with Crippen LogP contribution in [0.1, 0.15) is 37.6 Å². The number of benzene rings is 1. The van der Waals surface area contributed by atoms with E-state index in [0.717, 1.165) is 18.7 Å². The number of para-hydroxylation sites is 1. The molecule has 0 saturated carbocycles. The molecule has 0 fully saturated rings. The average Bonchev–Trinajstić information content (AvgIpc) is 2.57. The van der Waals surface area contributed by atoms with Crippen LogP contribution in [0.2, 0.25) is 0 Å². The second-order valence-corrected chi connectivity index (χ2v) is 5.13. The van der Waals surface area contributed by atoms with Gasteiger partial charge in [0.1, 0.15) is 0 Å². The molecule has 1 amide bonds. The molecule has 5 heteroatoms. The lowest BCUT2D eigenvalue weighted by molar-refractivity contribution is 0.0938. The number of nitrogens with zero attached hydrogens (tertiary/aromatic N) is 3. The van der Waals surface area contributed by atoms with E-state index in [4.69, 9.17) is 0 Å². The summed E-state index contributed by atoms with van der Waals surface area (Å²) in [4.78, 5) is 22.7. The van der Waals surface area contributed by atoms with Crippen molar-refractivity contribution in [2.24, 2.45) is 0 Å². The number of hydrogen-bond donors (Lipinski definition) is 1. The maximum atomic E-state index is 12.0. The van der Waals surface area contributed by atoms with Crippen molar-refractivity contribution in [1.82, 2.24) is 15.3 Å². The number of anilines is 2. The molecule has 0 aliphatic heterocycles. The molecule has 2 rings (SSSR count). The topological polar surface area (TPSA) is 58.1 Å².